The molecule has 19 heavy (non-hydrogen) atoms. The summed E-state index contributed by atoms with van der Waals surface area (Å²) in [6.45, 7) is 5.40. The molecule has 0 atom stereocenters. The topological polar surface area (TPSA) is 55.4 Å². The number of esters is 1. The van der Waals surface area contributed by atoms with Crippen LogP contribution >= 0.6 is 11.6 Å². The van der Waals surface area contributed by atoms with Crippen LogP contribution in [0.1, 0.15) is 31.1 Å². The third-order valence-electron chi connectivity index (χ3n) is 2.34. The van der Waals surface area contributed by atoms with E-state index in [-0.39, 0.29) is 12.3 Å². The molecule has 1 rings (SSSR count). The number of halogens is 1. The predicted octanol–water partition coefficient (Wildman–Crippen LogP) is 2.93. The molecule has 0 saturated carbocycles. The predicted molar refractivity (Wildman–Crippen MR) is 73.9 cm³/mol. The maximum Gasteiger partial charge on any atom is 0.354 e. The fraction of sp³-hybridized carbons (Fsp3) is 0.286. The molecule has 0 spiro atoms. The summed E-state index contributed by atoms with van der Waals surface area (Å²) in [5.41, 5.74) is 1.12. The molecule has 4 nitrogen and oxygen atoms in total. The molecule has 1 amide bonds. The first kappa shape index (κ1) is 15.2. The zero-order valence-corrected chi connectivity index (χ0v) is 11.9. The third kappa shape index (κ3) is 4.10. The zero-order chi connectivity index (χ0) is 14.4. The van der Waals surface area contributed by atoms with Crippen molar-refractivity contribution >= 4 is 23.5 Å². The van der Waals surface area contributed by atoms with Crippen molar-refractivity contribution in [3.8, 4) is 0 Å². The lowest BCUT2D eigenvalue weighted by Crippen LogP contribution is -2.29. The first-order valence-electron chi connectivity index (χ1n) is 5.87. The van der Waals surface area contributed by atoms with Crippen molar-refractivity contribution in [2.75, 3.05) is 6.61 Å². The summed E-state index contributed by atoms with van der Waals surface area (Å²) in [6, 6.07) is 6.63. The highest BCUT2D eigenvalue weighted by atomic mass is 35.5. The maximum absolute atomic E-state index is 12.1. The van der Waals surface area contributed by atoms with Crippen molar-refractivity contribution in [3.63, 3.8) is 0 Å². The largest absolute Gasteiger partial charge is 0.461 e. The molecule has 0 heterocycles. The van der Waals surface area contributed by atoms with Gasteiger partial charge in [0.1, 0.15) is 5.70 Å². The van der Waals surface area contributed by atoms with Crippen molar-refractivity contribution < 1.29 is 14.3 Å². The van der Waals surface area contributed by atoms with Crippen molar-refractivity contribution in [2.24, 2.45) is 0 Å². The van der Waals surface area contributed by atoms with Gasteiger partial charge < -0.3 is 10.1 Å². The Morgan fingerprint density at radius 2 is 1.89 bits per heavy atom. The van der Waals surface area contributed by atoms with E-state index in [1.807, 2.05) is 0 Å². The second-order valence-electron chi connectivity index (χ2n) is 4.03. The van der Waals surface area contributed by atoms with Gasteiger partial charge in [-0.25, -0.2) is 4.79 Å². The summed E-state index contributed by atoms with van der Waals surface area (Å²) in [6.07, 6.45) is 0. The highest BCUT2D eigenvalue weighted by Crippen LogP contribution is 2.15. The van der Waals surface area contributed by atoms with Gasteiger partial charge in [-0.05, 0) is 38.5 Å². The highest BCUT2D eigenvalue weighted by Gasteiger charge is 2.17. The summed E-state index contributed by atoms with van der Waals surface area (Å²) < 4.78 is 4.89. The Hall–Kier alpha value is -1.81. The van der Waals surface area contributed by atoms with E-state index in [1.54, 1.807) is 45.0 Å². The van der Waals surface area contributed by atoms with Crippen LogP contribution in [0, 0.1) is 0 Å². The minimum absolute atomic E-state index is 0.145. The number of hydrogen-bond acceptors (Lipinski definition) is 3. The molecular formula is C14H16ClNO3. The first-order chi connectivity index (χ1) is 8.97. The van der Waals surface area contributed by atoms with Crippen molar-refractivity contribution in [1.29, 1.82) is 0 Å². The van der Waals surface area contributed by atoms with Crippen LogP contribution in [0.2, 0.25) is 5.02 Å². The van der Waals surface area contributed by atoms with E-state index in [1.165, 1.54) is 0 Å². The lowest BCUT2D eigenvalue weighted by Gasteiger charge is -2.11. The molecule has 0 unspecified atom stereocenters. The maximum atomic E-state index is 12.1. The Morgan fingerprint density at radius 3 is 2.42 bits per heavy atom. The average Bonchev–Trinajstić information content (AvgIpc) is 2.36. The number of carbonyl (C=O) groups excluding carboxylic acids is 2. The number of ether oxygens (including phenoxy) is 1. The first-order valence-corrected chi connectivity index (χ1v) is 6.25. The Morgan fingerprint density at radius 1 is 1.26 bits per heavy atom. The molecule has 5 heteroatoms. The molecule has 0 bridgehead atoms. The highest BCUT2D eigenvalue weighted by molar-refractivity contribution is 6.33. The van der Waals surface area contributed by atoms with Crippen LogP contribution in [-0.4, -0.2) is 18.5 Å². The normalized spacial score (nSPS) is 9.68. The van der Waals surface area contributed by atoms with E-state index < -0.39 is 11.9 Å². The molecule has 0 aliphatic heterocycles. The summed E-state index contributed by atoms with van der Waals surface area (Å²) in [4.78, 5) is 23.8. The van der Waals surface area contributed by atoms with Crippen molar-refractivity contribution in [2.45, 2.75) is 20.8 Å². The number of carbonyl (C=O) groups is 2. The second kappa shape index (κ2) is 6.95. The minimum Gasteiger partial charge on any atom is -0.461 e. The number of allylic oxidation sites excluding steroid dienone is 1. The Bertz CT molecular complexity index is 519. The standard InChI is InChI=1S/C14H16ClNO3/c1-4-19-14(18)12(9(2)3)16-13(17)10-7-5-6-8-11(10)15/h5-8H,4H2,1-3H3,(H,16,17). The number of hydrogen-bond donors (Lipinski definition) is 1. The summed E-state index contributed by atoms with van der Waals surface area (Å²) in [7, 11) is 0. The molecule has 102 valence electrons. The molecule has 0 aliphatic rings. The molecule has 1 aromatic rings. The zero-order valence-electron chi connectivity index (χ0n) is 11.1. The fourth-order valence-corrected chi connectivity index (χ4v) is 1.63. The van der Waals surface area contributed by atoms with E-state index in [0.29, 0.717) is 16.2 Å². The van der Waals surface area contributed by atoms with Crippen LogP contribution in [0.25, 0.3) is 0 Å². The van der Waals surface area contributed by atoms with Crippen LogP contribution < -0.4 is 5.32 Å². The van der Waals surface area contributed by atoms with Gasteiger partial charge in [0.15, 0.2) is 0 Å². The molecule has 0 aliphatic carbocycles. The number of rotatable bonds is 4. The second-order valence-corrected chi connectivity index (χ2v) is 4.44. The van der Waals surface area contributed by atoms with E-state index in [4.69, 9.17) is 16.3 Å². The van der Waals surface area contributed by atoms with Crippen LogP contribution in [0.15, 0.2) is 35.5 Å². The van der Waals surface area contributed by atoms with Gasteiger partial charge in [-0.1, -0.05) is 23.7 Å². The average molecular weight is 282 g/mol. The third-order valence-corrected chi connectivity index (χ3v) is 2.67. The van der Waals surface area contributed by atoms with Gasteiger partial charge in [0.25, 0.3) is 5.91 Å². The van der Waals surface area contributed by atoms with Gasteiger partial charge in [-0.2, -0.15) is 0 Å². The summed E-state index contributed by atoms with van der Waals surface area (Å²) >= 11 is 5.93. The van der Waals surface area contributed by atoms with E-state index >= 15 is 0 Å². The van der Waals surface area contributed by atoms with E-state index in [9.17, 15) is 9.59 Å². The Balaban J connectivity index is 2.94. The Kier molecular flexibility index (Phi) is 5.57. The monoisotopic (exact) mass is 281 g/mol. The molecule has 1 N–H and O–H groups in total. The molecule has 0 fully saturated rings. The summed E-state index contributed by atoms with van der Waals surface area (Å²) in [5.74, 6) is -0.988. The van der Waals surface area contributed by atoms with Crippen LogP contribution in [0.5, 0.6) is 0 Å². The lowest BCUT2D eigenvalue weighted by atomic mass is 10.2. The van der Waals surface area contributed by atoms with Crippen LogP contribution in [-0.2, 0) is 9.53 Å². The van der Waals surface area contributed by atoms with Gasteiger partial charge in [0.05, 0.1) is 17.2 Å². The number of amides is 1. The fourth-order valence-electron chi connectivity index (χ4n) is 1.41. The number of nitrogens with one attached hydrogen (secondary N) is 1. The lowest BCUT2D eigenvalue weighted by molar-refractivity contribution is -0.138. The number of benzene rings is 1. The van der Waals surface area contributed by atoms with E-state index in [0.717, 1.165) is 0 Å². The van der Waals surface area contributed by atoms with Gasteiger partial charge in [0, 0.05) is 0 Å². The smallest absolute Gasteiger partial charge is 0.354 e. The van der Waals surface area contributed by atoms with Crippen LogP contribution in [0.4, 0.5) is 0 Å². The SMILES string of the molecule is CCOC(=O)C(NC(=O)c1ccccc1Cl)=C(C)C. The molecule has 0 radical (unpaired) electrons. The molecule has 0 aromatic heterocycles. The van der Waals surface area contributed by atoms with Gasteiger partial charge in [0.2, 0.25) is 0 Å². The molecular weight excluding hydrogens is 266 g/mol. The molecule has 0 saturated heterocycles. The van der Waals surface area contributed by atoms with Crippen molar-refractivity contribution in [1.82, 2.24) is 5.32 Å². The Labute approximate surface area is 117 Å². The van der Waals surface area contributed by atoms with Gasteiger partial charge >= 0.3 is 5.97 Å². The summed E-state index contributed by atoms with van der Waals surface area (Å²) in [5, 5.41) is 2.87. The minimum atomic E-state index is -0.553. The van der Waals surface area contributed by atoms with E-state index in [2.05, 4.69) is 5.32 Å². The van der Waals surface area contributed by atoms with Crippen LogP contribution in [0.3, 0.4) is 0 Å². The quantitative estimate of drug-likeness (QED) is 0.682. The molecule has 1 aromatic carbocycles. The van der Waals surface area contributed by atoms with Gasteiger partial charge in [-0.15, -0.1) is 0 Å². The van der Waals surface area contributed by atoms with Gasteiger partial charge in [-0.3, -0.25) is 4.79 Å². The van der Waals surface area contributed by atoms with Crippen molar-refractivity contribution in [3.05, 3.63) is 46.1 Å².